The van der Waals surface area contributed by atoms with Crippen LogP contribution in [0, 0.1) is 6.92 Å². The van der Waals surface area contributed by atoms with Crippen molar-refractivity contribution in [3.63, 3.8) is 0 Å². The van der Waals surface area contributed by atoms with E-state index >= 15 is 0 Å². The Balaban J connectivity index is 2.33. The number of aliphatic imine (C=N–C) groups is 2. The van der Waals surface area contributed by atoms with Crippen LogP contribution in [0.1, 0.15) is 30.9 Å². The smallest absolute Gasteiger partial charge is 0.255 e. The lowest BCUT2D eigenvalue weighted by Crippen LogP contribution is -2.31. The molecule has 2 aromatic rings. The molecule has 11 heteroatoms. The van der Waals surface area contributed by atoms with Gasteiger partial charge in [0.1, 0.15) is 23.2 Å². The highest BCUT2D eigenvalue weighted by Crippen LogP contribution is 2.40. The van der Waals surface area contributed by atoms with Gasteiger partial charge in [-0.05, 0) is 25.5 Å². The molecule has 5 N–H and O–H groups in total. The topological polar surface area (TPSA) is 148 Å². The predicted molar refractivity (Wildman–Crippen MR) is 106 cm³/mol. The summed E-state index contributed by atoms with van der Waals surface area (Å²) in [5, 5.41) is 11.6. The van der Waals surface area contributed by atoms with Crippen LogP contribution in [0.2, 0.25) is 0 Å². The highest BCUT2D eigenvalue weighted by molar-refractivity contribution is 7.91. The van der Waals surface area contributed by atoms with Gasteiger partial charge in [0.25, 0.3) is 10.0 Å². The molecule has 0 radical (unpaired) electrons. The zero-order valence-corrected chi connectivity index (χ0v) is 17.1. The Morgan fingerprint density at radius 1 is 1.33 bits per heavy atom. The molecule has 0 aromatic carbocycles. The lowest BCUT2D eigenvalue weighted by Gasteiger charge is -2.09. The Bertz CT molecular complexity index is 973. The minimum absolute atomic E-state index is 0.0120. The van der Waals surface area contributed by atoms with E-state index in [0.29, 0.717) is 12.2 Å². The van der Waals surface area contributed by atoms with Crippen molar-refractivity contribution in [2.75, 3.05) is 14.1 Å². The summed E-state index contributed by atoms with van der Waals surface area (Å²) in [6.07, 6.45) is 0.635. The maximum atomic E-state index is 12.2. The van der Waals surface area contributed by atoms with Crippen molar-refractivity contribution in [3.8, 4) is 5.75 Å². The molecule has 0 fully saturated rings. The number of rotatable bonds is 6. The molecule has 0 saturated carbocycles. The molecular weight excluding hydrogens is 390 g/mol. The number of nitrogens with zero attached hydrogens (tertiary/aromatic N) is 3. The highest BCUT2D eigenvalue weighted by atomic mass is 32.2. The molecule has 0 amide bonds. The van der Waals surface area contributed by atoms with Crippen LogP contribution in [-0.4, -0.2) is 43.6 Å². The summed E-state index contributed by atoms with van der Waals surface area (Å²) in [5.74, 6) is 0.787. The average molecular weight is 414 g/mol. The number of amidine groups is 2. The van der Waals surface area contributed by atoms with Gasteiger partial charge < -0.3 is 21.0 Å². The van der Waals surface area contributed by atoms with Gasteiger partial charge >= 0.3 is 0 Å². The molecule has 27 heavy (non-hydrogen) atoms. The Morgan fingerprint density at radius 3 is 2.52 bits per heavy atom. The normalized spacial score (nSPS) is 14.7. The van der Waals surface area contributed by atoms with Crippen molar-refractivity contribution in [1.29, 1.82) is 0 Å². The minimum atomic E-state index is -3.78. The molecule has 0 unspecified atom stereocenters. The van der Waals surface area contributed by atoms with Gasteiger partial charge in [-0.3, -0.25) is 4.99 Å². The van der Waals surface area contributed by atoms with Crippen LogP contribution in [0.5, 0.6) is 5.75 Å². The average Bonchev–Trinajstić information content (AvgIpc) is 3.19. The number of sulfonamides is 1. The first-order valence-corrected chi connectivity index (χ1v) is 10.4. The predicted octanol–water partition coefficient (Wildman–Crippen LogP) is 2.10. The van der Waals surface area contributed by atoms with Crippen LogP contribution in [0.15, 0.2) is 36.1 Å². The van der Waals surface area contributed by atoms with E-state index in [1.165, 1.54) is 19.5 Å². The van der Waals surface area contributed by atoms with E-state index in [1.54, 1.807) is 0 Å². The van der Waals surface area contributed by atoms with E-state index in [9.17, 15) is 13.5 Å². The second-order valence-electron chi connectivity index (χ2n) is 5.93. The number of nitrogens with two attached hydrogens (primary N) is 2. The van der Waals surface area contributed by atoms with Crippen LogP contribution in [0.4, 0.5) is 5.69 Å². The van der Waals surface area contributed by atoms with Crippen molar-refractivity contribution in [2.45, 2.75) is 30.5 Å². The second-order valence-corrected chi connectivity index (χ2v) is 9.16. The fraction of sp³-hybridized carbons (Fsp3) is 0.375. The van der Waals surface area contributed by atoms with Crippen LogP contribution >= 0.6 is 11.3 Å². The summed E-state index contributed by atoms with van der Waals surface area (Å²) in [5.41, 5.74) is 11.8. The number of aromatic hydroxyl groups is 1. The minimum Gasteiger partial charge on any atom is -0.504 e. The van der Waals surface area contributed by atoms with E-state index < -0.39 is 15.8 Å². The van der Waals surface area contributed by atoms with Gasteiger partial charge in [-0.25, -0.2) is 17.7 Å². The summed E-state index contributed by atoms with van der Waals surface area (Å²) in [7, 11) is -1.04. The van der Waals surface area contributed by atoms with Crippen LogP contribution in [0.25, 0.3) is 0 Å². The molecule has 0 aliphatic rings. The fourth-order valence-electron chi connectivity index (χ4n) is 2.16. The van der Waals surface area contributed by atoms with Crippen LogP contribution in [-0.2, 0) is 10.0 Å². The highest BCUT2D eigenvalue weighted by Gasteiger charge is 2.26. The largest absolute Gasteiger partial charge is 0.504 e. The number of aryl methyl sites for hydroxylation is 1. The zero-order valence-electron chi connectivity index (χ0n) is 15.5. The van der Waals surface area contributed by atoms with E-state index in [2.05, 4.69) is 9.98 Å². The molecule has 0 bridgehead atoms. The summed E-state index contributed by atoms with van der Waals surface area (Å²) in [4.78, 5) is 8.35. The van der Waals surface area contributed by atoms with E-state index in [0.717, 1.165) is 21.4 Å². The summed E-state index contributed by atoms with van der Waals surface area (Å²) < 4.78 is 30.7. The first-order chi connectivity index (χ1) is 12.6. The third-order valence-corrected chi connectivity index (χ3v) is 7.00. The maximum absolute atomic E-state index is 12.2. The molecule has 2 heterocycles. The number of hydrogen-bond donors (Lipinski definition) is 3. The van der Waals surface area contributed by atoms with Gasteiger partial charge in [0.15, 0.2) is 21.6 Å². The van der Waals surface area contributed by atoms with E-state index in [-0.39, 0.29) is 27.6 Å². The SMILES string of the molecule is CC[C@@H](N=C(N)C(N)=Nc1csc(S(=O)(=O)N(C)C)c1O)c1ccc(C)o1. The van der Waals surface area contributed by atoms with Crippen molar-refractivity contribution in [3.05, 3.63) is 29.0 Å². The number of furan rings is 1. The summed E-state index contributed by atoms with van der Waals surface area (Å²) in [6, 6.07) is 3.32. The third kappa shape index (κ3) is 4.49. The monoisotopic (exact) mass is 413 g/mol. The Morgan fingerprint density at radius 2 is 2.00 bits per heavy atom. The zero-order chi connectivity index (χ0) is 20.4. The second kappa shape index (κ2) is 8.11. The maximum Gasteiger partial charge on any atom is 0.255 e. The van der Waals surface area contributed by atoms with Gasteiger partial charge in [-0.1, -0.05) is 6.92 Å². The first-order valence-electron chi connectivity index (χ1n) is 8.05. The fourth-order valence-corrected chi connectivity index (χ4v) is 4.52. The van der Waals surface area contributed by atoms with E-state index in [1.807, 2.05) is 26.0 Å². The molecule has 0 aliphatic carbocycles. The van der Waals surface area contributed by atoms with E-state index in [4.69, 9.17) is 15.9 Å². The van der Waals surface area contributed by atoms with Gasteiger partial charge in [0.05, 0.1) is 0 Å². The summed E-state index contributed by atoms with van der Waals surface area (Å²) in [6.45, 7) is 3.76. The molecule has 1 atom stereocenters. The molecule has 0 spiro atoms. The van der Waals surface area contributed by atoms with Gasteiger partial charge in [0.2, 0.25) is 0 Å². The Labute approximate surface area is 162 Å². The Hall–Kier alpha value is -2.37. The molecule has 9 nitrogen and oxygen atoms in total. The standard InChI is InChI=1S/C16H23N5O4S2/c1-5-10(12-7-6-9(2)25-12)19-14(17)15(18)20-11-8-26-16(13(11)22)27(23,24)21(3)4/h6-8,10,22H,5H2,1-4H3,(H2,17,19)(H2,18,20)/t10-/m1/s1. The Kier molecular flexibility index (Phi) is 6.29. The number of hydrogen-bond acceptors (Lipinski definition) is 7. The molecule has 0 aliphatic heterocycles. The molecule has 0 saturated heterocycles. The molecule has 2 rings (SSSR count). The quantitative estimate of drug-likeness (QED) is 0.488. The third-order valence-electron chi connectivity index (χ3n) is 3.70. The lowest BCUT2D eigenvalue weighted by atomic mass is 10.2. The van der Waals surface area contributed by atoms with Crippen LogP contribution in [0.3, 0.4) is 0 Å². The molecule has 2 aromatic heterocycles. The van der Waals surface area contributed by atoms with Crippen molar-refractivity contribution in [2.24, 2.45) is 21.5 Å². The van der Waals surface area contributed by atoms with Gasteiger partial charge in [-0.15, -0.1) is 11.3 Å². The summed E-state index contributed by atoms with van der Waals surface area (Å²) >= 11 is 0.845. The lowest BCUT2D eigenvalue weighted by molar-refractivity contribution is 0.442. The van der Waals surface area contributed by atoms with Crippen LogP contribution < -0.4 is 11.5 Å². The van der Waals surface area contributed by atoms with Crippen molar-refractivity contribution in [1.82, 2.24) is 4.31 Å². The number of thiophene rings is 1. The molecular formula is C16H23N5O4S2. The molecule has 148 valence electrons. The first kappa shape index (κ1) is 20.9. The van der Waals surface area contributed by atoms with Crippen molar-refractivity contribution >= 4 is 38.7 Å². The van der Waals surface area contributed by atoms with Gasteiger partial charge in [-0.2, -0.15) is 0 Å². The van der Waals surface area contributed by atoms with Gasteiger partial charge in [0, 0.05) is 19.5 Å². The van der Waals surface area contributed by atoms with Crippen molar-refractivity contribution < 1.29 is 17.9 Å².